The third kappa shape index (κ3) is 5.91. The zero-order chi connectivity index (χ0) is 23.0. The minimum atomic E-state index is -0.445. The highest BCUT2D eigenvalue weighted by atomic mass is 32.2. The number of allylic oxidation sites excluding steroid dienone is 1. The number of thiazole rings is 1. The molecule has 1 amide bonds. The first-order valence-electron chi connectivity index (χ1n) is 9.91. The lowest BCUT2D eigenvalue weighted by molar-refractivity contribution is -0.385. The number of carbonyl (C=O) groups is 1. The first-order valence-corrected chi connectivity index (χ1v) is 11.7. The molecule has 3 aromatic carbocycles. The predicted molar refractivity (Wildman–Crippen MR) is 134 cm³/mol. The van der Waals surface area contributed by atoms with Crippen molar-refractivity contribution in [2.45, 2.75) is 10.1 Å². The van der Waals surface area contributed by atoms with Crippen LogP contribution >= 0.6 is 23.1 Å². The molecule has 0 saturated carbocycles. The molecule has 0 aliphatic heterocycles. The molecule has 1 heterocycles. The number of hydrogen-bond acceptors (Lipinski definition) is 7. The molecule has 0 spiro atoms. The number of para-hydroxylation sites is 2. The SMILES string of the molecule is O=C(N/N=C/C=C/c1ccccc1[N+](=O)[O-])c1ccc(CSc2nc3ccccc3s2)cc1. The monoisotopic (exact) mass is 474 g/mol. The Labute approximate surface area is 198 Å². The van der Waals surface area contributed by atoms with Crippen LogP contribution in [0.4, 0.5) is 5.69 Å². The van der Waals surface area contributed by atoms with Crippen LogP contribution in [-0.2, 0) is 5.75 Å². The van der Waals surface area contributed by atoms with Gasteiger partial charge in [-0.3, -0.25) is 14.9 Å². The Morgan fingerprint density at radius 2 is 1.85 bits per heavy atom. The van der Waals surface area contributed by atoms with Gasteiger partial charge in [-0.25, -0.2) is 10.4 Å². The predicted octanol–water partition coefficient (Wildman–Crippen LogP) is 5.93. The van der Waals surface area contributed by atoms with Crippen LogP contribution in [0.25, 0.3) is 16.3 Å². The van der Waals surface area contributed by atoms with Crippen LogP contribution in [0.3, 0.4) is 0 Å². The molecule has 0 aliphatic carbocycles. The molecule has 9 heteroatoms. The minimum Gasteiger partial charge on any atom is -0.267 e. The van der Waals surface area contributed by atoms with E-state index in [9.17, 15) is 14.9 Å². The van der Waals surface area contributed by atoms with E-state index in [-0.39, 0.29) is 11.6 Å². The van der Waals surface area contributed by atoms with Crippen LogP contribution in [0.1, 0.15) is 21.5 Å². The van der Waals surface area contributed by atoms with Gasteiger partial charge >= 0.3 is 0 Å². The summed E-state index contributed by atoms with van der Waals surface area (Å²) in [6, 6.07) is 21.8. The first kappa shape index (κ1) is 22.4. The zero-order valence-corrected chi connectivity index (χ0v) is 18.9. The summed E-state index contributed by atoms with van der Waals surface area (Å²) in [7, 11) is 0. The number of rotatable bonds is 8. The standard InChI is InChI=1S/C24H18N4O3S2/c29-23(27-25-15-5-7-18-6-1-3-9-21(18)28(30)31)19-13-11-17(12-14-19)16-32-24-26-20-8-2-4-10-22(20)33-24/h1-15H,16H2,(H,27,29)/b7-5+,25-15+. The van der Waals surface area contributed by atoms with Gasteiger partial charge in [0.2, 0.25) is 0 Å². The number of nitrogens with one attached hydrogen (secondary N) is 1. The normalized spacial score (nSPS) is 11.4. The molecular weight excluding hydrogens is 456 g/mol. The number of nitro groups is 1. The fourth-order valence-electron chi connectivity index (χ4n) is 2.96. The Kier molecular flexibility index (Phi) is 7.23. The highest BCUT2D eigenvalue weighted by Gasteiger charge is 2.09. The number of nitro benzene ring substituents is 1. The van der Waals surface area contributed by atoms with Gasteiger partial charge in [-0.1, -0.05) is 48.2 Å². The number of hydrogen-bond donors (Lipinski definition) is 1. The maximum atomic E-state index is 12.3. The zero-order valence-electron chi connectivity index (χ0n) is 17.3. The van der Waals surface area contributed by atoms with Gasteiger partial charge in [0, 0.05) is 23.6 Å². The van der Waals surface area contributed by atoms with E-state index in [1.807, 2.05) is 30.3 Å². The molecule has 1 N–H and O–H groups in total. The summed E-state index contributed by atoms with van der Waals surface area (Å²) in [5, 5.41) is 14.9. The number of carbonyl (C=O) groups excluding carboxylic acids is 1. The van der Waals surface area contributed by atoms with Gasteiger partial charge < -0.3 is 0 Å². The molecule has 0 aliphatic rings. The Bertz CT molecular complexity index is 1310. The Morgan fingerprint density at radius 3 is 2.64 bits per heavy atom. The molecule has 1 aromatic heterocycles. The van der Waals surface area contributed by atoms with E-state index in [4.69, 9.17) is 0 Å². The van der Waals surface area contributed by atoms with E-state index in [0.29, 0.717) is 11.1 Å². The van der Waals surface area contributed by atoms with Crippen molar-refractivity contribution in [3.63, 3.8) is 0 Å². The third-order valence-electron chi connectivity index (χ3n) is 4.59. The van der Waals surface area contributed by atoms with Gasteiger partial charge in [0.1, 0.15) is 0 Å². The summed E-state index contributed by atoms with van der Waals surface area (Å²) in [5.74, 6) is 0.423. The van der Waals surface area contributed by atoms with E-state index in [1.54, 1.807) is 59.5 Å². The number of thioether (sulfide) groups is 1. The van der Waals surface area contributed by atoms with Crippen molar-refractivity contribution >= 4 is 57.2 Å². The summed E-state index contributed by atoms with van der Waals surface area (Å²) in [6.07, 6.45) is 4.47. The van der Waals surface area contributed by atoms with Gasteiger partial charge in [-0.15, -0.1) is 11.3 Å². The summed E-state index contributed by atoms with van der Waals surface area (Å²) in [4.78, 5) is 27.4. The smallest absolute Gasteiger partial charge is 0.267 e. The quantitative estimate of drug-likeness (QED) is 0.148. The van der Waals surface area contributed by atoms with Gasteiger partial charge in [0.05, 0.1) is 20.7 Å². The van der Waals surface area contributed by atoms with E-state index >= 15 is 0 Å². The highest BCUT2D eigenvalue weighted by molar-refractivity contribution is 8.00. The molecule has 0 bridgehead atoms. The van der Waals surface area contributed by atoms with Crippen LogP contribution in [0.5, 0.6) is 0 Å². The second-order valence-electron chi connectivity index (χ2n) is 6.83. The summed E-state index contributed by atoms with van der Waals surface area (Å²) >= 11 is 3.34. The maximum absolute atomic E-state index is 12.3. The molecule has 164 valence electrons. The Balaban J connectivity index is 1.28. The van der Waals surface area contributed by atoms with Crippen LogP contribution in [0.2, 0.25) is 0 Å². The molecule has 0 unspecified atom stereocenters. The number of benzene rings is 3. The Morgan fingerprint density at radius 1 is 1.09 bits per heavy atom. The van der Waals surface area contributed by atoms with E-state index in [0.717, 1.165) is 21.2 Å². The largest absolute Gasteiger partial charge is 0.276 e. The van der Waals surface area contributed by atoms with Crippen LogP contribution in [0, 0.1) is 10.1 Å². The van der Waals surface area contributed by atoms with E-state index in [2.05, 4.69) is 21.6 Å². The van der Waals surface area contributed by atoms with E-state index in [1.165, 1.54) is 23.1 Å². The molecule has 4 aromatic rings. The van der Waals surface area contributed by atoms with E-state index < -0.39 is 4.92 Å². The number of aromatic nitrogens is 1. The van der Waals surface area contributed by atoms with Gasteiger partial charge in [0.15, 0.2) is 4.34 Å². The lowest BCUT2D eigenvalue weighted by Gasteiger charge is -2.02. The van der Waals surface area contributed by atoms with Gasteiger partial charge in [0.25, 0.3) is 11.6 Å². The summed E-state index contributed by atoms with van der Waals surface area (Å²) in [6.45, 7) is 0. The fourth-order valence-corrected chi connectivity index (χ4v) is 4.98. The molecule has 0 atom stereocenters. The molecule has 0 radical (unpaired) electrons. The van der Waals surface area contributed by atoms with Gasteiger partial charge in [-0.2, -0.15) is 5.10 Å². The molecule has 0 saturated heterocycles. The van der Waals surface area contributed by atoms with Gasteiger partial charge in [-0.05, 0) is 48.0 Å². The number of amides is 1. The fraction of sp³-hybridized carbons (Fsp3) is 0.0417. The molecule has 4 rings (SSSR count). The summed E-state index contributed by atoms with van der Waals surface area (Å²) in [5.41, 5.74) is 5.50. The van der Waals surface area contributed by atoms with Crippen LogP contribution in [-0.4, -0.2) is 22.0 Å². The van der Waals surface area contributed by atoms with Crippen molar-refractivity contribution in [3.05, 3.63) is 106 Å². The van der Waals surface area contributed by atoms with Crippen molar-refractivity contribution in [3.8, 4) is 0 Å². The maximum Gasteiger partial charge on any atom is 0.276 e. The lowest BCUT2D eigenvalue weighted by Crippen LogP contribution is -2.17. The van der Waals surface area contributed by atoms with Crippen molar-refractivity contribution < 1.29 is 9.72 Å². The van der Waals surface area contributed by atoms with Crippen molar-refractivity contribution in [2.24, 2.45) is 5.10 Å². The molecular formula is C24H18N4O3S2. The third-order valence-corrected chi connectivity index (χ3v) is 6.84. The van der Waals surface area contributed by atoms with Crippen LogP contribution in [0.15, 0.2) is 88.3 Å². The second kappa shape index (κ2) is 10.7. The topological polar surface area (TPSA) is 97.5 Å². The minimum absolute atomic E-state index is 0.00701. The number of hydrazone groups is 1. The molecule has 7 nitrogen and oxygen atoms in total. The lowest BCUT2D eigenvalue weighted by atomic mass is 10.1. The van der Waals surface area contributed by atoms with Crippen molar-refractivity contribution in [2.75, 3.05) is 0 Å². The Hall–Kier alpha value is -3.82. The number of fused-ring (bicyclic) bond motifs is 1. The molecule has 33 heavy (non-hydrogen) atoms. The van der Waals surface area contributed by atoms with Crippen molar-refractivity contribution in [1.82, 2.24) is 10.4 Å². The summed E-state index contributed by atoms with van der Waals surface area (Å²) < 4.78 is 2.19. The number of nitrogens with zero attached hydrogens (tertiary/aromatic N) is 3. The average molecular weight is 475 g/mol. The second-order valence-corrected chi connectivity index (χ2v) is 9.08. The average Bonchev–Trinajstić information content (AvgIpc) is 3.26. The first-order chi connectivity index (χ1) is 16.1. The van der Waals surface area contributed by atoms with Crippen LogP contribution < -0.4 is 5.43 Å². The van der Waals surface area contributed by atoms with Crippen molar-refractivity contribution in [1.29, 1.82) is 0 Å². The molecule has 0 fully saturated rings. The highest BCUT2D eigenvalue weighted by Crippen LogP contribution is 2.31.